The summed E-state index contributed by atoms with van der Waals surface area (Å²) < 4.78 is 0. The Morgan fingerprint density at radius 2 is 1.42 bits per heavy atom. The summed E-state index contributed by atoms with van der Waals surface area (Å²) in [5.74, 6) is -0.304. The number of rotatable bonds is 10. The van der Waals surface area contributed by atoms with Gasteiger partial charge in [0.15, 0.2) is 0 Å². The number of urea groups is 1. The van der Waals surface area contributed by atoms with Gasteiger partial charge in [0.25, 0.3) is 5.91 Å². The molecule has 0 aliphatic heterocycles. The molecule has 0 atom stereocenters. The topological polar surface area (TPSA) is 131 Å². The third-order valence-electron chi connectivity index (χ3n) is 4.59. The van der Waals surface area contributed by atoms with E-state index in [1.807, 2.05) is 12.1 Å². The van der Waals surface area contributed by atoms with Crippen LogP contribution in [0.1, 0.15) is 29.3 Å². The van der Waals surface area contributed by atoms with Gasteiger partial charge in [0.1, 0.15) is 0 Å². The molecule has 0 fully saturated rings. The predicted octanol–water partition coefficient (Wildman–Crippen LogP) is 2.70. The average molecular weight is 428 g/mol. The first-order chi connectivity index (χ1) is 14.9. The maximum atomic E-state index is 12.3. The van der Waals surface area contributed by atoms with Gasteiger partial charge in [-0.1, -0.05) is 43.3 Å². The van der Waals surface area contributed by atoms with Crippen molar-refractivity contribution in [2.24, 2.45) is 0 Å². The van der Waals surface area contributed by atoms with E-state index in [0.717, 1.165) is 17.5 Å². The Morgan fingerprint density at radius 3 is 2.00 bits per heavy atom. The number of carbonyl (C=O) groups is 3. The molecule has 0 aliphatic carbocycles. The minimum atomic E-state index is -1.13. The van der Waals surface area contributed by atoms with Crippen molar-refractivity contribution in [3.05, 3.63) is 59.7 Å². The average Bonchev–Trinajstić information content (AvgIpc) is 2.78. The van der Waals surface area contributed by atoms with Crippen molar-refractivity contribution < 1.29 is 24.7 Å². The van der Waals surface area contributed by atoms with Gasteiger partial charge in [-0.2, -0.15) is 0 Å². The number of nitrogens with one attached hydrogen (secondary N) is 3. The molecule has 5 N–H and O–H groups in total. The highest BCUT2D eigenvalue weighted by Gasteiger charge is 2.11. The molecule has 0 heterocycles. The van der Waals surface area contributed by atoms with E-state index in [2.05, 4.69) is 47.1 Å². The minimum absolute atomic E-state index is 0.0730. The van der Waals surface area contributed by atoms with Gasteiger partial charge < -0.3 is 21.1 Å². The van der Waals surface area contributed by atoms with Crippen LogP contribution in [0.3, 0.4) is 0 Å². The summed E-state index contributed by atoms with van der Waals surface area (Å²) in [6.07, 6.45) is 0.240. The third kappa shape index (κ3) is 7.98. The fourth-order valence-electron chi connectivity index (χ4n) is 2.80. The number of hydrogen-bond acceptors (Lipinski definition) is 4. The molecule has 2 aromatic carbocycles. The first-order valence-corrected chi connectivity index (χ1v) is 10.1. The molecule has 9 nitrogen and oxygen atoms in total. The van der Waals surface area contributed by atoms with Crippen molar-refractivity contribution in [3.8, 4) is 11.1 Å². The van der Waals surface area contributed by atoms with Gasteiger partial charge in [0, 0.05) is 25.2 Å². The summed E-state index contributed by atoms with van der Waals surface area (Å²) in [5.41, 5.74) is 3.83. The number of aryl methyl sites for hydroxylation is 1. The van der Waals surface area contributed by atoms with Crippen molar-refractivity contribution in [3.63, 3.8) is 0 Å². The second-order valence-electron chi connectivity index (χ2n) is 6.82. The van der Waals surface area contributed by atoms with Gasteiger partial charge in [0.2, 0.25) is 0 Å². The monoisotopic (exact) mass is 428 g/mol. The Labute approximate surface area is 181 Å². The molecule has 0 aliphatic rings. The van der Waals surface area contributed by atoms with E-state index >= 15 is 0 Å². The predicted molar refractivity (Wildman–Crippen MR) is 116 cm³/mol. The number of amides is 4. The minimum Gasteiger partial charge on any atom is -0.465 e. The lowest BCUT2D eigenvalue weighted by Crippen LogP contribution is -2.42. The summed E-state index contributed by atoms with van der Waals surface area (Å²) in [5, 5.41) is 25.9. The highest BCUT2D eigenvalue weighted by molar-refractivity contribution is 5.94. The summed E-state index contributed by atoms with van der Waals surface area (Å²) >= 11 is 0. The first-order valence-electron chi connectivity index (χ1n) is 10.1. The van der Waals surface area contributed by atoms with Gasteiger partial charge in [-0.15, -0.1) is 0 Å². The van der Waals surface area contributed by atoms with Crippen LogP contribution in [0.2, 0.25) is 0 Å². The maximum Gasteiger partial charge on any atom is 0.404 e. The number of benzene rings is 2. The highest BCUT2D eigenvalue weighted by atomic mass is 16.5. The maximum absolute atomic E-state index is 12.3. The van der Waals surface area contributed by atoms with Crippen LogP contribution in [0.5, 0.6) is 0 Å². The first kappa shape index (κ1) is 23.7. The van der Waals surface area contributed by atoms with Crippen LogP contribution in [0.4, 0.5) is 9.59 Å². The smallest absolute Gasteiger partial charge is 0.404 e. The van der Waals surface area contributed by atoms with Crippen LogP contribution in [0, 0.1) is 0 Å². The normalized spacial score (nSPS) is 10.3. The summed E-state index contributed by atoms with van der Waals surface area (Å²) in [6.45, 7) is 2.49. The van der Waals surface area contributed by atoms with E-state index < -0.39 is 12.1 Å². The molecule has 0 spiro atoms. The van der Waals surface area contributed by atoms with Gasteiger partial charge in [-0.25, -0.2) is 14.7 Å². The van der Waals surface area contributed by atoms with Crippen LogP contribution in [-0.2, 0) is 6.42 Å². The molecular weight excluding hydrogens is 400 g/mol. The van der Waals surface area contributed by atoms with Crippen molar-refractivity contribution in [2.75, 3.05) is 26.2 Å². The van der Waals surface area contributed by atoms with Crippen LogP contribution in [-0.4, -0.2) is 59.6 Å². The van der Waals surface area contributed by atoms with E-state index in [0.29, 0.717) is 17.0 Å². The van der Waals surface area contributed by atoms with Crippen LogP contribution >= 0.6 is 0 Å². The molecule has 0 radical (unpaired) electrons. The number of hydrogen-bond donors (Lipinski definition) is 5. The van der Waals surface area contributed by atoms with Crippen molar-refractivity contribution in [1.29, 1.82) is 0 Å². The summed E-state index contributed by atoms with van der Waals surface area (Å²) in [7, 11) is 0. The van der Waals surface area contributed by atoms with Crippen LogP contribution in [0.15, 0.2) is 48.5 Å². The molecule has 0 aromatic heterocycles. The van der Waals surface area contributed by atoms with Gasteiger partial charge in [0.05, 0.1) is 6.54 Å². The molecule has 9 heteroatoms. The zero-order valence-corrected chi connectivity index (χ0v) is 17.4. The Kier molecular flexibility index (Phi) is 9.31. The second kappa shape index (κ2) is 12.2. The Morgan fingerprint density at radius 1 is 0.839 bits per heavy atom. The standard InChI is InChI=1S/C22H28N4O5/c1-2-16-4-6-17(7-5-16)18-8-10-19(11-9-18)20(27)23-14-15-26(31)21(28)24-12-3-13-25-22(29)30/h4-11,25,31H,2-3,12-15H2,1H3,(H,23,27)(H,24,28)(H,29,30). The van der Waals surface area contributed by atoms with E-state index in [-0.39, 0.29) is 32.1 Å². The molecule has 0 saturated carbocycles. The molecule has 4 amide bonds. The Balaban J connectivity index is 1.72. The molecule has 2 aromatic rings. The molecule has 31 heavy (non-hydrogen) atoms. The summed E-state index contributed by atoms with van der Waals surface area (Å²) in [6, 6.07) is 14.8. The number of carboxylic acid groups (broad SMARTS) is 1. The number of hydroxylamine groups is 2. The number of carbonyl (C=O) groups excluding carboxylic acids is 2. The lowest BCUT2D eigenvalue weighted by Gasteiger charge is -2.16. The molecular formula is C22H28N4O5. The lowest BCUT2D eigenvalue weighted by atomic mass is 10.0. The Bertz CT molecular complexity index is 868. The number of nitrogens with zero attached hydrogens (tertiary/aromatic N) is 1. The van der Waals surface area contributed by atoms with Gasteiger partial charge in [-0.3, -0.25) is 10.0 Å². The van der Waals surface area contributed by atoms with E-state index in [1.165, 1.54) is 5.56 Å². The SMILES string of the molecule is CCc1ccc(-c2ccc(C(=O)NCCN(O)C(=O)NCCCNC(=O)O)cc2)cc1. The van der Waals surface area contributed by atoms with Crippen molar-refractivity contribution in [2.45, 2.75) is 19.8 Å². The second-order valence-corrected chi connectivity index (χ2v) is 6.82. The quantitative estimate of drug-likeness (QED) is 0.226. The molecule has 0 unspecified atom stereocenters. The van der Waals surface area contributed by atoms with Gasteiger partial charge >= 0.3 is 12.1 Å². The third-order valence-corrected chi connectivity index (χ3v) is 4.59. The van der Waals surface area contributed by atoms with E-state index in [4.69, 9.17) is 5.11 Å². The van der Waals surface area contributed by atoms with Crippen molar-refractivity contribution in [1.82, 2.24) is 21.0 Å². The Hall–Kier alpha value is -3.59. The lowest BCUT2D eigenvalue weighted by molar-refractivity contribution is -0.0413. The van der Waals surface area contributed by atoms with Gasteiger partial charge in [-0.05, 0) is 41.7 Å². The highest BCUT2D eigenvalue weighted by Crippen LogP contribution is 2.20. The van der Waals surface area contributed by atoms with E-state index in [1.54, 1.807) is 12.1 Å². The fourth-order valence-corrected chi connectivity index (χ4v) is 2.80. The molecule has 166 valence electrons. The molecule has 2 rings (SSSR count). The molecule has 0 saturated heterocycles. The van der Waals surface area contributed by atoms with Crippen LogP contribution in [0.25, 0.3) is 11.1 Å². The van der Waals surface area contributed by atoms with Crippen molar-refractivity contribution >= 4 is 18.0 Å². The van der Waals surface area contributed by atoms with E-state index in [9.17, 15) is 19.6 Å². The van der Waals surface area contributed by atoms with Crippen LogP contribution < -0.4 is 16.0 Å². The zero-order chi connectivity index (χ0) is 22.6. The fraction of sp³-hybridized carbons (Fsp3) is 0.318. The molecule has 0 bridgehead atoms. The zero-order valence-electron chi connectivity index (χ0n) is 17.4. The summed E-state index contributed by atoms with van der Waals surface area (Å²) in [4.78, 5) is 34.3. The largest absolute Gasteiger partial charge is 0.465 e.